The number of nitrogens with two attached hydrogens (primary N) is 1. The van der Waals surface area contributed by atoms with Gasteiger partial charge in [0.05, 0.1) is 0 Å². The van der Waals surface area contributed by atoms with Crippen LogP contribution in [-0.2, 0) is 0 Å². The Hall–Kier alpha value is -1.30. The van der Waals surface area contributed by atoms with Gasteiger partial charge in [-0.2, -0.15) is 0 Å². The summed E-state index contributed by atoms with van der Waals surface area (Å²) in [7, 11) is 0. The van der Waals surface area contributed by atoms with Gasteiger partial charge >= 0.3 is 0 Å². The number of aromatic nitrogens is 1. The highest BCUT2D eigenvalue weighted by molar-refractivity contribution is 7.18. The number of rotatable bonds is 5. The fourth-order valence-electron chi connectivity index (χ4n) is 2.65. The van der Waals surface area contributed by atoms with Crippen LogP contribution in [0.25, 0.3) is 0 Å². The Morgan fingerprint density at radius 1 is 1.38 bits per heavy atom. The molecule has 1 aromatic rings. The van der Waals surface area contributed by atoms with Gasteiger partial charge < -0.3 is 16.4 Å². The van der Waals surface area contributed by atoms with E-state index in [1.54, 1.807) is 0 Å². The average Bonchev–Trinajstić information content (AvgIpc) is 2.78. The van der Waals surface area contributed by atoms with Crippen LogP contribution in [-0.4, -0.2) is 23.0 Å². The third kappa shape index (κ3) is 4.33. The van der Waals surface area contributed by atoms with Crippen molar-refractivity contribution in [3.05, 3.63) is 4.88 Å². The van der Waals surface area contributed by atoms with Crippen LogP contribution in [0.15, 0.2) is 0 Å². The molecule has 5 nitrogen and oxygen atoms in total. The van der Waals surface area contributed by atoms with Crippen molar-refractivity contribution >= 4 is 28.2 Å². The number of nitrogens with one attached hydrogen (secondary N) is 2. The molecule has 1 fully saturated rings. The maximum absolute atomic E-state index is 12.4. The molecule has 2 rings (SSSR count). The molecule has 4 N–H and O–H groups in total. The highest BCUT2D eigenvalue weighted by Crippen LogP contribution is 2.30. The lowest BCUT2D eigenvalue weighted by Gasteiger charge is -2.34. The van der Waals surface area contributed by atoms with Gasteiger partial charge in [0.1, 0.15) is 10.7 Å². The topological polar surface area (TPSA) is 80.0 Å². The van der Waals surface area contributed by atoms with Crippen molar-refractivity contribution in [2.45, 2.75) is 58.4 Å². The summed E-state index contributed by atoms with van der Waals surface area (Å²) in [5.74, 6) is 0.753. The second-order valence-corrected chi connectivity index (χ2v) is 7.58. The van der Waals surface area contributed by atoms with E-state index < -0.39 is 0 Å². The van der Waals surface area contributed by atoms with Gasteiger partial charge in [-0.3, -0.25) is 4.79 Å². The molecule has 1 heterocycles. The first-order valence-corrected chi connectivity index (χ1v) is 8.54. The number of carbonyl (C=O) groups is 1. The Labute approximate surface area is 130 Å². The third-order valence-electron chi connectivity index (χ3n) is 3.89. The van der Waals surface area contributed by atoms with E-state index in [1.165, 1.54) is 30.6 Å². The molecule has 118 valence electrons. The lowest BCUT2D eigenvalue weighted by Crippen LogP contribution is -2.47. The molecular weight excluding hydrogens is 284 g/mol. The van der Waals surface area contributed by atoms with E-state index in [1.807, 2.05) is 0 Å². The molecular formula is C15H26N4OS. The van der Waals surface area contributed by atoms with E-state index in [9.17, 15) is 4.79 Å². The molecule has 0 saturated heterocycles. The van der Waals surface area contributed by atoms with Gasteiger partial charge in [-0.25, -0.2) is 4.98 Å². The molecule has 1 aromatic heterocycles. The Morgan fingerprint density at radius 3 is 2.67 bits per heavy atom. The van der Waals surface area contributed by atoms with Crippen LogP contribution in [0.1, 0.15) is 62.5 Å². The number of amides is 1. The summed E-state index contributed by atoms with van der Waals surface area (Å²) in [5.41, 5.74) is 5.80. The van der Waals surface area contributed by atoms with Crippen LogP contribution < -0.4 is 16.4 Å². The first-order chi connectivity index (χ1) is 9.89. The number of carbonyl (C=O) groups excluding carboxylic acids is 1. The maximum Gasteiger partial charge on any atom is 0.265 e. The molecule has 0 bridgehead atoms. The zero-order valence-corrected chi connectivity index (χ0v) is 14.0. The van der Waals surface area contributed by atoms with Crippen LogP contribution in [0.3, 0.4) is 0 Å². The minimum absolute atomic E-state index is 0.0907. The van der Waals surface area contributed by atoms with E-state index in [-0.39, 0.29) is 11.4 Å². The summed E-state index contributed by atoms with van der Waals surface area (Å²) >= 11 is 1.34. The van der Waals surface area contributed by atoms with Crippen molar-refractivity contribution in [3.8, 4) is 0 Å². The zero-order valence-electron chi connectivity index (χ0n) is 13.2. The van der Waals surface area contributed by atoms with Crippen molar-refractivity contribution < 1.29 is 4.79 Å². The predicted octanol–water partition coefficient (Wildman–Crippen LogP) is 3.25. The van der Waals surface area contributed by atoms with Crippen molar-refractivity contribution in [2.75, 3.05) is 17.6 Å². The molecule has 1 aliphatic carbocycles. The standard InChI is InChI=1S/C15H26N4OS/c1-10(2)9-17-14-18-12(16)11(21-14)13(20)19-15(3)7-5-4-6-8-15/h10H,4-9,16H2,1-3H3,(H,17,18)(H,19,20). The molecule has 0 unspecified atom stereocenters. The van der Waals surface area contributed by atoms with Crippen LogP contribution in [0.2, 0.25) is 0 Å². The van der Waals surface area contributed by atoms with Gasteiger partial charge in [-0.1, -0.05) is 44.4 Å². The fraction of sp³-hybridized carbons (Fsp3) is 0.733. The molecule has 0 aliphatic heterocycles. The second kappa shape index (κ2) is 6.64. The molecule has 0 atom stereocenters. The van der Waals surface area contributed by atoms with Gasteiger partial charge in [0.2, 0.25) is 0 Å². The molecule has 0 spiro atoms. The fourth-order valence-corrected chi connectivity index (χ4v) is 3.44. The number of nitrogen functional groups attached to an aromatic ring is 1. The lowest BCUT2D eigenvalue weighted by molar-refractivity contribution is 0.0887. The van der Waals surface area contributed by atoms with Crippen LogP contribution in [0, 0.1) is 5.92 Å². The van der Waals surface area contributed by atoms with Gasteiger partial charge in [0, 0.05) is 12.1 Å². The van der Waals surface area contributed by atoms with Crippen molar-refractivity contribution in [3.63, 3.8) is 0 Å². The number of hydrogen-bond donors (Lipinski definition) is 3. The molecule has 1 aliphatic rings. The van der Waals surface area contributed by atoms with Crippen LogP contribution in [0.4, 0.5) is 10.9 Å². The zero-order chi connectivity index (χ0) is 15.5. The highest BCUT2D eigenvalue weighted by atomic mass is 32.1. The van der Waals surface area contributed by atoms with E-state index in [4.69, 9.17) is 5.73 Å². The molecule has 1 saturated carbocycles. The normalized spacial score (nSPS) is 17.7. The SMILES string of the molecule is CC(C)CNc1nc(N)c(C(=O)NC2(C)CCCCC2)s1. The molecule has 1 amide bonds. The van der Waals surface area contributed by atoms with E-state index >= 15 is 0 Å². The summed E-state index contributed by atoms with van der Waals surface area (Å²) in [5, 5.41) is 7.10. The van der Waals surface area contributed by atoms with Crippen molar-refractivity contribution in [1.29, 1.82) is 0 Å². The minimum atomic E-state index is -0.0999. The van der Waals surface area contributed by atoms with Gasteiger partial charge in [0.25, 0.3) is 5.91 Å². The smallest absolute Gasteiger partial charge is 0.265 e. The number of nitrogens with zero attached hydrogens (tertiary/aromatic N) is 1. The third-order valence-corrected chi connectivity index (χ3v) is 4.92. The van der Waals surface area contributed by atoms with E-state index in [0.29, 0.717) is 16.6 Å². The summed E-state index contributed by atoms with van der Waals surface area (Å²) in [6.45, 7) is 7.20. The Balaban J connectivity index is 2.01. The Morgan fingerprint density at radius 2 is 2.05 bits per heavy atom. The lowest BCUT2D eigenvalue weighted by atomic mass is 9.83. The molecule has 0 radical (unpaired) electrons. The van der Waals surface area contributed by atoms with Gasteiger partial charge in [-0.15, -0.1) is 0 Å². The largest absolute Gasteiger partial charge is 0.382 e. The Kier molecular flexibility index (Phi) is 5.08. The van der Waals surface area contributed by atoms with Crippen molar-refractivity contribution in [2.24, 2.45) is 5.92 Å². The van der Waals surface area contributed by atoms with Gasteiger partial charge in [-0.05, 0) is 25.7 Å². The predicted molar refractivity (Wildman–Crippen MR) is 88.8 cm³/mol. The van der Waals surface area contributed by atoms with Crippen LogP contribution >= 0.6 is 11.3 Å². The highest BCUT2D eigenvalue weighted by Gasteiger charge is 2.30. The molecule has 21 heavy (non-hydrogen) atoms. The number of anilines is 2. The quantitative estimate of drug-likeness (QED) is 0.780. The van der Waals surface area contributed by atoms with E-state index in [2.05, 4.69) is 36.4 Å². The van der Waals surface area contributed by atoms with Gasteiger partial charge in [0.15, 0.2) is 5.13 Å². The maximum atomic E-state index is 12.4. The second-order valence-electron chi connectivity index (χ2n) is 6.58. The molecule has 0 aromatic carbocycles. The summed E-state index contributed by atoms with van der Waals surface area (Å²) in [6.07, 6.45) is 5.69. The monoisotopic (exact) mass is 310 g/mol. The first-order valence-electron chi connectivity index (χ1n) is 7.72. The number of thiazole rings is 1. The average molecular weight is 310 g/mol. The molecule has 6 heteroatoms. The number of hydrogen-bond acceptors (Lipinski definition) is 5. The minimum Gasteiger partial charge on any atom is -0.382 e. The summed E-state index contributed by atoms with van der Waals surface area (Å²) in [4.78, 5) is 17.2. The first kappa shape index (κ1) is 16.1. The summed E-state index contributed by atoms with van der Waals surface area (Å²) < 4.78 is 0. The summed E-state index contributed by atoms with van der Waals surface area (Å²) in [6, 6.07) is 0. The Bertz CT molecular complexity index is 492. The van der Waals surface area contributed by atoms with E-state index in [0.717, 1.165) is 24.5 Å². The van der Waals surface area contributed by atoms with Crippen LogP contribution in [0.5, 0.6) is 0 Å². The van der Waals surface area contributed by atoms with Crippen molar-refractivity contribution in [1.82, 2.24) is 10.3 Å².